The Bertz CT molecular complexity index is 447. The minimum atomic E-state index is -4.27. The topological polar surface area (TPSA) is 122 Å². The summed E-state index contributed by atoms with van der Waals surface area (Å²) < 4.78 is 35.6. The highest BCUT2D eigenvalue weighted by Crippen LogP contribution is 2.11. The first-order valence-electron chi connectivity index (χ1n) is 5.55. The first-order chi connectivity index (χ1) is 8.74. The monoisotopic (exact) mass is 296 g/mol. The van der Waals surface area contributed by atoms with Crippen molar-refractivity contribution in [1.29, 1.82) is 0 Å². The molecule has 1 saturated heterocycles. The van der Waals surface area contributed by atoms with Gasteiger partial charge in [0.05, 0.1) is 19.3 Å². The van der Waals surface area contributed by atoms with E-state index in [1.54, 1.807) is 18.6 Å². The second-order valence-electron chi connectivity index (χ2n) is 4.10. The van der Waals surface area contributed by atoms with E-state index in [-0.39, 0.29) is 19.8 Å². The van der Waals surface area contributed by atoms with Crippen LogP contribution in [0.2, 0.25) is 0 Å². The van der Waals surface area contributed by atoms with Crippen LogP contribution in [0.25, 0.3) is 0 Å². The summed E-state index contributed by atoms with van der Waals surface area (Å²) >= 11 is 0. The van der Waals surface area contributed by atoms with Crippen LogP contribution in [0, 0.1) is 0 Å². The van der Waals surface area contributed by atoms with Crippen LogP contribution >= 0.6 is 0 Å². The molecule has 19 heavy (non-hydrogen) atoms. The average Bonchev–Trinajstić information content (AvgIpc) is 2.26. The third-order valence-electron chi connectivity index (χ3n) is 2.23. The molecular weight excluding hydrogens is 280 g/mol. The highest BCUT2D eigenvalue weighted by molar-refractivity contribution is 7.87. The van der Waals surface area contributed by atoms with Crippen LogP contribution in [-0.2, 0) is 24.5 Å². The van der Waals surface area contributed by atoms with Crippen molar-refractivity contribution in [2.24, 2.45) is 0 Å². The Morgan fingerprint density at radius 3 is 2.63 bits per heavy atom. The number of hydrogen-bond donors (Lipinski definition) is 2. The standard InChI is InChI=1S/C9H16N2O7S/c1-6(2)18-9(14)10-19(15,16)11-3-4-17-5-7(11)8(12)13/h6-7H,3-5H2,1-2H3,(H,10,14)(H,12,13). The molecule has 0 spiro atoms. The SMILES string of the molecule is CC(C)OC(=O)NS(=O)(=O)N1CCOCC1C(=O)O. The van der Waals surface area contributed by atoms with Gasteiger partial charge in [0.1, 0.15) is 6.04 Å². The number of nitrogens with zero attached hydrogens (tertiary/aromatic N) is 1. The number of ether oxygens (including phenoxy) is 2. The fourth-order valence-corrected chi connectivity index (χ4v) is 2.65. The maximum Gasteiger partial charge on any atom is 0.422 e. The summed E-state index contributed by atoms with van der Waals surface area (Å²) in [6.07, 6.45) is -1.64. The van der Waals surface area contributed by atoms with E-state index in [0.717, 1.165) is 0 Å². The van der Waals surface area contributed by atoms with E-state index in [4.69, 9.17) is 9.84 Å². The fraction of sp³-hybridized carbons (Fsp3) is 0.778. The molecule has 1 heterocycles. The molecule has 0 bridgehead atoms. The number of carbonyl (C=O) groups excluding carboxylic acids is 1. The number of carbonyl (C=O) groups is 2. The number of carboxylic acids is 1. The second kappa shape index (κ2) is 6.17. The Morgan fingerprint density at radius 2 is 2.11 bits per heavy atom. The van der Waals surface area contributed by atoms with Crippen molar-refractivity contribution in [3.63, 3.8) is 0 Å². The zero-order valence-corrected chi connectivity index (χ0v) is 11.3. The number of rotatable bonds is 4. The number of carboxylic acid groups (broad SMARTS) is 1. The Morgan fingerprint density at radius 1 is 1.47 bits per heavy atom. The summed E-state index contributed by atoms with van der Waals surface area (Å²) in [5.74, 6) is -1.35. The van der Waals surface area contributed by atoms with Gasteiger partial charge in [0.15, 0.2) is 0 Å². The second-order valence-corrected chi connectivity index (χ2v) is 5.72. The molecule has 1 unspecified atom stereocenters. The summed E-state index contributed by atoms with van der Waals surface area (Å²) in [4.78, 5) is 22.2. The molecule has 110 valence electrons. The molecule has 1 aliphatic rings. The fourth-order valence-electron chi connectivity index (χ4n) is 1.47. The van der Waals surface area contributed by atoms with Crippen LogP contribution in [0.1, 0.15) is 13.8 Å². The van der Waals surface area contributed by atoms with E-state index in [9.17, 15) is 18.0 Å². The molecule has 0 radical (unpaired) electrons. The lowest BCUT2D eigenvalue weighted by Gasteiger charge is -2.31. The zero-order valence-electron chi connectivity index (χ0n) is 10.5. The Labute approximate surface area is 110 Å². The lowest BCUT2D eigenvalue weighted by molar-refractivity contribution is -0.146. The third-order valence-corrected chi connectivity index (χ3v) is 3.71. The molecule has 0 aromatic heterocycles. The van der Waals surface area contributed by atoms with Gasteiger partial charge in [-0.2, -0.15) is 12.7 Å². The van der Waals surface area contributed by atoms with Crippen molar-refractivity contribution in [2.75, 3.05) is 19.8 Å². The van der Waals surface area contributed by atoms with Crippen molar-refractivity contribution in [3.8, 4) is 0 Å². The number of aliphatic carboxylic acids is 1. The van der Waals surface area contributed by atoms with E-state index in [0.29, 0.717) is 4.31 Å². The van der Waals surface area contributed by atoms with Crippen LogP contribution in [-0.4, -0.2) is 61.8 Å². The third kappa shape index (κ3) is 4.33. The van der Waals surface area contributed by atoms with Crippen molar-refractivity contribution in [2.45, 2.75) is 26.0 Å². The molecule has 0 aromatic carbocycles. The smallest absolute Gasteiger partial charge is 0.422 e. The summed E-state index contributed by atoms with van der Waals surface area (Å²) in [6.45, 7) is 2.75. The van der Waals surface area contributed by atoms with Gasteiger partial charge in [-0.1, -0.05) is 0 Å². The van der Waals surface area contributed by atoms with Gasteiger partial charge in [0.2, 0.25) is 0 Å². The number of amides is 1. The van der Waals surface area contributed by atoms with E-state index >= 15 is 0 Å². The van der Waals surface area contributed by atoms with Crippen LogP contribution in [0.15, 0.2) is 0 Å². The van der Waals surface area contributed by atoms with Crippen molar-refractivity contribution in [1.82, 2.24) is 9.03 Å². The van der Waals surface area contributed by atoms with Crippen molar-refractivity contribution in [3.05, 3.63) is 0 Å². The molecule has 2 N–H and O–H groups in total. The van der Waals surface area contributed by atoms with E-state index < -0.39 is 34.4 Å². The van der Waals surface area contributed by atoms with Gasteiger partial charge in [0, 0.05) is 6.54 Å². The molecule has 1 amide bonds. The highest BCUT2D eigenvalue weighted by atomic mass is 32.2. The molecule has 1 aliphatic heterocycles. The maximum absolute atomic E-state index is 11.9. The first kappa shape index (κ1) is 15.7. The van der Waals surface area contributed by atoms with Crippen LogP contribution in [0.3, 0.4) is 0 Å². The molecular formula is C9H16N2O7S. The number of nitrogens with one attached hydrogen (secondary N) is 1. The normalized spacial score (nSPS) is 21.1. The molecule has 9 nitrogen and oxygen atoms in total. The summed E-state index contributed by atoms with van der Waals surface area (Å²) in [5, 5.41) is 8.92. The molecule has 1 rings (SSSR count). The predicted octanol–water partition coefficient (Wildman–Crippen LogP) is -0.849. The molecule has 1 atom stereocenters. The van der Waals surface area contributed by atoms with Gasteiger partial charge >= 0.3 is 22.3 Å². The van der Waals surface area contributed by atoms with Crippen molar-refractivity contribution >= 4 is 22.3 Å². The Balaban J connectivity index is 2.79. The van der Waals surface area contributed by atoms with E-state index in [1.807, 2.05) is 0 Å². The quantitative estimate of drug-likeness (QED) is 0.692. The molecule has 10 heteroatoms. The van der Waals surface area contributed by atoms with Crippen LogP contribution in [0.5, 0.6) is 0 Å². The van der Waals surface area contributed by atoms with Gasteiger partial charge in [-0.25, -0.2) is 9.52 Å². The Kier molecular flexibility index (Phi) is 5.09. The highest BCUT2D eigenvalue weighted by Gasteiger charge is 2.38. The van der Waals surface area contributed by atoms with Gasteiger partial charge < -0.3 is 14.6 Å². The van der Waals surface area contributed by atoms with E-state index in [2.05, 4.69) is 4.74 Å². The Hall–Kier alpha value is -1.39. The van der Waals surface area contributed by atoms with Crippen molar-refractivity contribution < 1.29 is 32.6 Å². The molecule has 0 aliphatic carbocycles. The van der Waals surface area contributed by atoms with Crippen LogP contribution in [0.4, 0.5) is 4.79 Å². The number of hydrogen-bond acceptors (Lipinski definition) is 6. The largest absolute Gasteiger partial charge is 0.480 e. The van der Waals surface area contributed by atoms with Gasteiger partial charge in [-0.15, -0.1) is 0 Å². The maximum atomic E-state index is 11.9. The predicted molar refractivity (Wildman–Crippen MR) is 62.6 cm³/mol. The lowest BCUT2D eigenvalue weighted by atomic mass is 10.3. The molecule has 1 fully saturated rings. The van der Waals surface area contributed by atoms with E-state index in [1.165, 1.54) is 0 Å². The van der Waals surface area contributed by atoms with Gasteiger partial charge in [-0.3, -0.25) is 4.79 Å². The lowest BCUT2D eigenvalue weighted by Crippen LogP contribution is -2.56. The van der Waals surface area contributed by atoms with Gasteiger partial charge in [0.25, 0.3) is 0 Å². The number of morpholine rings is 1. The minimum Gasteiger partial charge on any atom is -0.480 e. The zero-order chi connectivity index (χ0) is 14.6. The summed E-state index contributed by atoms with van der Waals surface area (Å²) in [7, 11) is -4.27. The van der Waals surface area contributed by atoms with Crippen LogP contribution < -0.4 is 4.72 Å². The molecule has 0 saturated carbocycles. The average molecular weight is 296 g/mol. The summed E-state index contributed by atoms with van der Waals surface area (Å²) in [5.41, 5.74) is 0. The summed E-state index contributed by atoms with van der Waals surface area (Å²) in [6, 6.07) is -1.36. The minimum absolute atomic E-state index is 0.0594. The molecule has 0 aromatic rings. The van der Waals surface area contributed by atoms with Gasteiger partial charge in [-0.05, 0) is 13.8 Å². The first-order valence-corrected chi connectivity index (χ1v) is 6.99.